The van der Waals surface area contributed by atoms with E-state index in [1.165, 1.54) is 16.7 Å². The molecule has 21 heavy (non-hydrogen) atoms. The molecule has 0 saturated carbocycles. The molecule has 0 atom stereocenters. The molecule has 114 valence electrons. The Morgan fingerprint density at radius 3 is 2.71 bits per heavy atom. The van der Waals surface area contributed by atoms with Gasteiger partial charge in [0.2, 0.25) is 0 Å². The van der Waals surface area contributed by atoms with Gasteiger partial charge in [-0.25, -0.2) is 4.79 Å². The molecule has 0 bridgehead atoms. The van der Waals surface area contributed by atoms with Crippen LogP contribution in [0, 0.1) is 0 Å². The van der Waals surface area contributed by atoms with Gasteiger partial charge in [-0.05, 0) is 68.0 Å². The van der Waals surface area contributed by atoms with Crippen molar-refractivity contribution in [1.29, 1.82) is 0 Å². The van der Waals surface area contributed by atoms with Crippen LogP contribution in [0.5, 0.6) is 0 Å². The Labute approximate surface area is 126 Å². The summed E-state index contributed by atoms with van der Waals surface area (Å²) in [5, 5.41) is 3.44. The third-order valence-corrected chi connectivity index (χ3v) is 4.31. The fraction of sp³-hybridized carbons (Fsp3) is 0.588. The summed E-state index contributed by atoms with van der Waals surface area (Å²) >= 11 is 0. The molecule has 0 aromatic heterocycles. The molecule has 2 heterocycles. The molecule has 1 N–H and O–H groups in total. The number of rotatable bonds is 2. The zero-order chi connectivity index (χ0) is 14.7. The molecule has 0 fully saturated rings. The van der Waals surface area contributed by atoms with Gasteiger partial charge in [0.05, 0.1) is 12.3 Å². The smallest absolute Gasteiger partial charge is 0.414 e. The lowest BCUT2D eigenvalue weighted by Crippen LogP contribution is -2.36. The summed E-state index contributed by atoms with van der Waals surface area (Å²) in [5.74, 6) is 0. The Balaban J connectivity index is 1.89. The Kier molecular flexibility index (Phi) is 4.44. The zero-order valence-corrected chi connectivity index (χ0v) is 12.8. The van der Waals surface area contributed by atoms with Crippen molar-refractivity contribution in [3.63, 3.8) is 0 Å². The summed E-state index contributed by atoms with van der Waals surface area (Å²) in [7, 11) is 0. The quantitative estimate of drug-likeness (QED) is 0.909. The van der Waals surface area contributed by atoms with Gasteiger partial charge in [-0.2, -0.15) is 0 Å². The largest absolute Gasteiger partial charge is 0.449 e. The zero-order valence-electron chi connectivity index (χ0n) is 12.8. The number of carbonyl (C=O) groups excluding carboxylic acids is 1. The molecule has 0 aliphatic carbocycles. The molecule has 1 amide bonds. The van der Waals surface area contributed by atoms with Crippen LogP contribution >= 0.6 is 0 Å². The predicted octanol–water partition coefficient (Wildman–Crippen LogP) is 2.67. The fourth-order valence-corrected chi connectivity index (χ4v) is 3.22. The standard InChI is InChI=1S/C17H24N2O2/c1-2-10-21-17(20)19-9-3-4-15-11-13-5-7-18-8-6-14(13)12-16(15)19/h11-12,18H,2-10H2,1H3. The van der Waals surface area contributed by atoms with Crippen LogP contribution in [0.1, 0.15) is 36.5 Å². The van der Waals surface area contributed by atoms with Crippen molar-refractivity contribution < 1.29 is 9.53 Å². The Morgan fingerprint density at radius 1 is 1.19 bits per heavy atom. The van der Waals surface area contributed by atoms with Crippen LogP contribution in [-0.4, -0.2) is 32.3 Å². The van der Waals surface area contributed by atoms with Crippen molar-refractivity contribution in [3.05, 3.63) is 28.8 Å². The third kappa shape index (κ3) is 3.05. The van der Waals surface area contributed by atoms with Crippen LogP contribution in [0.3, 0.4) is 0 Å². The summed E-state index contributed by atoms with van der Waals surface area (Å²) in [6.45, 7) is 5.36. The third-order valence-electron chi connectivity index (χ3n) is 4.31. The van der Waals surface area contributed by atoms with Crippen LogP contribution in [0.4, 0.5) is 10.5 Å². The number of carbonyl (C=O) groups is 1. The number of benzene rings is 1. The molecule has 2 aliphatic heterocycles. The molecule has 0 saturated heterocycles. The highest BCUT2D eigenvalue weighted by Crippen LogP contribution is 2.31. The first-order chi connectivity index (χ1) is 10.3. The van der Waals surface area contributed by atoms with Gasteiger partial charge >= 0.3 is 6.09 Å². The maximum atomic E-state index is 12.2. The first-order valence-electron chi connectivity index (χ1n) is 8.09. The van der Waals surface area contributed by atoms with Crippen LogP contribution in [-0.2, 0) is 24.0 Å². The topological polar surface area (TPSA) is 41.6 Å². The van der Waals surface area contributed by atoms with Gasteiger partial charge in [0.25, 0.3) is 0 Å². The normalized spacial score (nSPS) is 17.7. The minimum atomic E-state index is -0.190. The summed E-state index contributed by atoms with van der Waals surface area (Å²) in [5.41, 5.74) is 5.20. The van der Waals surface area contributed by atoms with Crippen molar-refractivity contribution in [3.8, 4) is 0 Å². The fourth-order valence-electron chi connectivity index (χ4n) is 3.22. The SMILES string of the molecule is CCCOC(=O)N1CCCc2cc3c(cc21)CCNCC3. The van der Waals surface area contributed by atoms with Crippen molar-refractivity contribution in [2.75, 3.05) is 31.1 Å². The molecule has 0 spiro atoms. The first kappa shape index (κ1) is 14.4. The molecule has 1 aromatic carbocycles. The van der Waals surface area contributed by atoms with Crippen LogP contribution in [0.25, 0.3) is 0 Å². The summed E-state index contributed by atoms with van der Waals surface area (Å²) < 4.78 is 5.33. The number of aryl methyl sites for hydroxylation is 1. The molecule has 0 radical (unpaired) electrons. The van der Waals surface area contributed by atoms with Crippen LogP contribution in [0.15, 0.2) is 12.1 Å². The van der Waals surface area contributed by atoms with Crippen molar-refractivity contribution in [2.45, 2.75) is 39.0 Å². The molecular weight excluding hydrogens is 264 g/mol. The molecule has 0 unspecified atom stereocenters. The number of nitrogens with zero attached hydrogens (tertiary/aromatic N) is 1. The van der Waals surface area contributed by atoms with E-state index in [9.17, 15) is 4.79 Å². The molecule has 4 heteroatoms. The first-order valence-corrected chi connectivity index (χ1v) is 8.09. The van der Waals surface area contributed by atoms with Crippen molar-refractivity contribution >= 4 is 11.8 Å². The highest BCUT2D eigenvalue weighted by molar-refractivity contribution is 5.89. The lowest BCUT2D eigenvalue weighted by molar-refractivity contribution is 0.153. The number of nitrogens with one attached hydrogen (secondary N) is 1. The molecule has 4 nitrogen and oxygen atoms in total. The number of hydrogen-bond donors (Lipinski definition) is 1. The summed E-state index contributed by atoms with van der Waals surface area (Å²) in [6.07, 6.45) is 4.88. The van der Waals surface area contributed by atoms with E-state index >= 15 is 0 Å². The Bertz CT molecular complexity index is 528. The minimum Gasteiger partial charge on any atom is -0.449 e. The highest BCUT2D eigenvalue weighted by Gasteiger charge is 2.25. The highest BCUT2D eigenvalue weighted by atomic mass is 16.6. The molecule has 1 aromatic rings. The van der Waals surface area contributed by atoms with E-state index in [1.807, 2.05) is 11.8 Å². The average Bonchev–Trinajstić information content (AvgIpc) is 2.74. The van der Waals surface area contributed by atoms with E-state index in [0.29, 0.717) is 6.61 Å². The van der Waals surface area contributed by atoms with Gasteiger partial charge in [-0.1, -0.05) is 13.0 Å². The molecular formula is C17H24N2O2. The second kappa shape index (κ2) is 6.48. The maximum Gasteiger partial charge on any atom is 0.414 e. The van der Waals surface area contributed by atoms with Crippen molar-refractivity contribution in [2.24, 2.45) is 0 Å². The number of ether oxygens (including phenoxy) is 1. The molecule has 3 rings (SSSR count). The monoisotopic (exact) mass is 288 g/mol. The average molecular weight is 288 g/mol. The minimum absolute atomic E-state index is 0.190. The van der Waals surface area contributed by atoms with E-state index in [4.69, 9.17) is 4.74 Å². The number of hydrogen-bond acceptors (Lipinski definition) is 3. The lowest BCUT2D eigenvalue weighted by Gasteiger charge is -2.30. The van der Waals surface area contributed by atoms with Crippen LogP contribution < -0.4 is 10.2 Å². The van der Waals surface area contributed by atoms with Crippen LogP contribution in [0.2, 0.25) is 0 Å². The molecule has 2 aliphatic rings. The number of amides is 1. The Hall–Kier alpha value is -1.55. The number of fused-ring (bicyclic) bond motifs is 2. The summed E-state index contributed by atoms with van der Waals surface area (Å²) in [4.78, 5) is 14.1. The van der Waals surface area contributed by atoms with E-state index in [2.05, 4.69) is 17.4 Å². The van der Waals surface area contributed by atoms with Gasteiger partial charge in [-0.15, -0.1) is 0 Å². The van der Waals surface area contributed by atoms with Gasteiger partial charge in [-0.3, -0.25) is 4.90 Å². The number of anilines is 1. The predicted molar refractivity (Wildman–Crippen MR) is 84.0 cm³/mol. The van der Waals surface area contributed by atoms with E-state index < -0.39 is 0 Å². The van der Waals surface area contributed by atoms with Crippen molar-refractivity contribution in [1.82, 2.24) is 5.32 Å². The van der Waals surface area contributed by atoms with Gasteiger partial charge < -0.3 is 10.1 Å². The summed E-state index contributed by atoms with van der Waals surface area (Å²) in [6, 6.07) is 4.54. The Morgan fingerprint density at radius 2 is 1.95 bits per heavy atom. The second-order valence-electron chi connectivity index (χ2n) is 5.87. The van der Waals surface area contributed by atoms with E-state index in [1.54, 1.807) is 0 Å². The maximum absolute atomic E-state index is 12.2. The van der Waals surface area contributed by atoms with Gasteiger partial charge in [0.1, 0.15) is 0 Å². The van der Waals surface area contributed by atoms with Gasteiger partial charge in [0, 0.05) is 6.54 Å². The van der Waals surface area contributed by atoms with E-state index in [-0.39, 0.29) is 6.09 Å². The second-order valence-corrected chi connectivity index (χ2v) is 5.87. The van der Waals surface area contributed by atoms with E-state index in [0.717, 1.165) is 57.4 Å². The van der Waals surface area contributed by atoms with Gasteiger partial charge in [0.15, 0.2) is 0 Å². The lowest BCUT2D eigenvalue weighted by atomic mass is 9.93.